The molecule has 2 fully saturated rings. The molecule has 56 valence electrons. The van der Waals surface area contributed by atoms with Crippen molar-refractivity contribution in [2.75, 3.05) is 13.2 Å². The van der Waals surface area contributed by atoms with E-state index in [1.807, 2.05) is 0 Å². The predicted molar refractivity (Wildman–Crippen MR) is 47.7 cm³/mol. The predicted octanol–water partition coefficient (Wildman–Crippen LogP) is 2.38. The molecule has 0 atom stereocenters. The molecule has 0 bridgehead atoms. The van der Waals surface area contributed by atoms with Crippen molar-refractivity contribution >= 4 is 31.1 Å². The molecule has 0 amide bonds. The van der Waals surface area contributed by atoms with Crippen LogP contribution in [0.2, 0.25) is 4.05 Å². The number of ether oxygens (including phenoxy) is 1. The summed E-state index contributed by atoms with van der Waals surface area (Å²) >= 11 is 3.79. The van der Waals surface area contributed by atoms with Crippen LogP contribution in [0.5, 0.6) is 0 Å². The summed E-state index contributed by atoms with van der Waals surface area (Å²) in [5.41, 5.74) is 0. The minimum absolute atomic E-state index is 0.272. The molecule has 0 radical (unpaired) electrons. The lowest BCUT2D eigenvalue weighted by atomic mass is 10.4. The van der Waals surface area contributed by atoms with Gasteiger partial charge in [0.05, 0.1) is 0 Å². The number of hydrogen-bond acceptors (Lipinski definition) is 1. The third-order valence-electron chi connectivity index (χ3n) is 1.74. The lowest BCUT2D eigenvalue weighted by Gasteiger charge is -1.76. The van der Waals surface area contributed by atoms with Gasteiger partial charge in [0.2, 0.25) is 0 Å². The van der Waals surface area contributed by atoms with Gasteiger partial charge in [-0.1, -0.05) is 12.8 Å². The van der Waals surface area contributed by atoms with Gasteiger partial charge in [-0.2, -0.15) is 0 Å². The molecule has 1 saturated heterocycles. The third kappa shape index (κ3) is 4.94. The summed E-state index contributed by atoms with van der Waals surface area (Å²) in [5, 5.41) is 0. The summed E-state index contributed by atoms with van der Waals surface area (Å²) < 4.78 is 6.13. The normalized spacial score (nSPS) is 22.9. The molecular weight excluding hydrogens is 204 g/mol. The van der Waals surface area contributed by atoms with Crippen LogP contribution >= 0.6 is 12.9 Å². The van der Waals surface area contributed by atoms with Crippen molar-refractivity contribution in [3.63, 3.8) is 0 Å². The average molecular weight is 217 g/mol. The van der Waals surface area contributed by atoms with Crippen molar-refractivity contribution in [3.05, 3.63) is 0 Å². The van der Waals surface area contributed by atoms with Gasteiger partial charge in [-0.05, 0) is 12.8 Å². The van der Waals surface area contributed by atoms with E-state index in [-0.39, 0.29) is 18.2 Å². The van der Waals surface area contributed by atoms with Gasteiger partial charge in [-0.15, -0.1) is 4.05 Å². The molecule has 0 N–H and O–H groups in total. The number of rotatable bonds is 1. The summed E-state index contributed by atoms with van der Waals surface area (Å²) in [6.45, 7) is 2.00. The molecule has 0 aromatic carbocycles. The quantitative estimate of drug-likeness (QED) is 0.613. The van der Waals surface area contributed by atoms with Crippen LogP contribution in [0.3, 0.4) is 0 Å². The highest BCUT2D eigenvalue weighted by molar-refractivity contribution is 9.23. The van der Waals surface area contributed by atoms with Gasteiger partial charge in [0, 0.05) is 13.2 Å². The van der Waals surface area contributed by atoms with Crippen LogP contribution in [-0.2, 0) is 4.74 Å². The Morgan fingerprint density at radius 3 is 1.90 bits per heavy atom. The molecule has 0 aromatic heterocycles. The second-order valence-corrected chi connectivity index (χ2v) is 6.32. The molecule has 0 spiro atoms. The van der Waals surface area contributed by atoms with Crippen molar-refractivity contribution in [3.8, 4) is 0 Å². The molecule has 1 nitrogen and oxygen atoms in total. The Morgan fingerprint density at radius 2 is 1.80 bits per heavy atom. The molecule has 1 aliphatic carbocycles. The number of halogens is 1. The van der Waals surface area contributed by atoms with E-state index in [4.69, 9.17) is 4.74 Å². The van der Waals surface area contributed by atoms with Gasteiger partial charge in [-0.25, -0.2) is 0 Å². The monoisotopic (exact) mass is 216 g/mol. The maximum absolute atomic E-state index is 4.94. The molecule has 1 aliphatic heterocycles. The minimum Gasteiger partial charge on any atom is -0.381 e. The summed E-state index contributed by atoms with van der Waals surface area (Å²) in [5.74, 6) is 0. The van der Waals surface area contributed by atoms with Crippen LogP contribution in [-0.4, -0.2) is 31.4 Å². The topological polar surface area (TPSA) is 9.23 Å². The Hall–Kier alpha value is 1.21. The van der Waals surface area contributed by atoms with Crippen LogP contribution in [0.15, 0.2) is 0 Å². The molecule has 0 aromatic rings. The van der Waals surface area contributed by atoms with Gasteiger partial charge in [0.25, 0.3) is 0 Å². The standard InChI is InChI=1S/C4H8O.C3H5.BrH.Mg/c1-2-4-5-3-1;1-2-3-1;;/h1-4H2;1H,2-3H2;1H;/q;;;+1/p-1. The van der Waals surface area contributed by atoms with E-state index in [0.717, 1.165) is 13.2 Å². The Bertz CT molecular complexity index is 74.1. The van der Waals surface area contributed by atoms with Crippen molar-refractivity contribution in [2.24, 2.45) is 0 Å². The molecule has 2 aliphatic rings. The summed E-state index contributed by atoms with van der Waals surface area (Å²) in [6.07, 6.45) is 5.61. The lowest BCUT2D eigenvalue weighted by Crippen LogP contribution is -1.74. The fraction of sp³-hybridized carbons (Fsp3) is 1.00. The van der Waals surface area contributed by atoms with E-state index < -0.39 is 0 Å². The summed E-state index contributed by atoms with van der Waals surface area (Å²) in [7, 11) is 0. The van der Waals surface area contributed by atoms with E-state index >= 15 is 0 Å². The highest BCUT2D eigenvalue weighted by atomic mass is 79.9. The highest BCUT2D eigenvalue weighted by Gasteiger charge is 2.20. The van der Waals surface area contributed by atoms with Crippen LogP contribution in [0.25, 0.3) is 0 Å². The molecule has 1 heterocycles. The maximum Gasteiger partial charge on any atom is 0.471 e. The second kappa shape index (κ2) is 5.81. The van der Waals surface area contributed by atoms with Gasteiger partial charge < -0.3 is 17.6 Å². The van der Waals surface area contributed by atoms with Crippen molar-refractivity contribution < 1.29 is 4.74 Å². The first-order chi connectivity index (χ1) is 4.93. The Kier molecular flexibility index (Phi) is 5.40. The third-order valence-corrected chi connectivity index (χ3v) is 5.74. The Labute approximate surface area is 78.5 Å². The van der Waals surface area contributed by atoms with E-state index in [1.165, 1.54) is 29.7 Å². The second-order valence-electron chi connectivity index (χ2n) is 2.92. The molecule has 10 heavy (non-hydrogen) atoms. The fourth-order valence-electron chi connectivity index (χ4n) is 0.782. The SMILES string of the molecule is C1CCOC1.[Br][Mg][CH]1CC1. The maximum atomic E-state index is 4.94. The molecule has 3 heteroatoms. The van der Waals surface area contributed by atoms with Gasteiger partial charge in [0.15, 0.2) is 0 Å². The van der Waals surface area contributed by atoms with E-state index in [2.05, 4.69) is 12.9 Å². The largest absolute Gasteiger partial charge is 0.471 e. The zero-order valence-corrected chi connectivity index (χ0v) is 9.31. The Morgan fingerprint density at radius 1 is 1.20 bits per heavy atom. The van der Waals surface area contributed by atoms with E-state index in [1.54, 1.807) is 0 Å². The zero-order valence-electron chi connectivity index (χ0n) is 6.31. The molecule has 2 rings (SSSR count). The summed E-state index contributed by atoms with van der Waals surface area (Å²) in [4.78, 5) is 0. The minimum atomic E-state index is 0.272. The van der Waals surface area contributed by atoms with Crippen molar-refractivity contribution in [2.45, 2.75) is 29.7 Å². The van der Waals surface area contributed by atoms with Gasteiger partial charge in [0.1, 0.15) is 0 Å². The smallest absolute Gasteiger partial charge is 0.381 e. The van der Waals surface area contributed by atoms with E-state index in [0.29, 0.717) is 0 Å². The highest BCUT2D eigenvalue weighted by Crippen LogP contribution is 2.35. The van der Waals surface area contributed by atoms with Crippen molar-refractivity contribution in [1.29, 1.82) is 0 Å². The molecule has 0 unspecified atom stereocenters. The summed E-state index contributed by atoms with van der Waals surface area (Å²) in [6, 6.07) is 0. The fourth-order valence-corrected chi connectivity index (χ4v) is 3.27. The first-order valence-corrected chi connectivity index (χ1v) is 8.78. The van der Waals surface area contributed by atoms with Crippen LogP contribution in [0, 0.1) is 0 Å². The zero-order chi connectivity index (χ0) is 7.23. The Balaban J connectivity index is 0.0000001000. The lowest BCUT2D eigenvalue weighted by molar-refractivity contribution is 0.198. The van der Waals surface area contributed by atoms with Crippen LogP contribution in [0.4, 0.5) is 0 Å². The van der Waals surface area contributed by atoms with Gasteiger partial charge >= 0.3 is 18.2 Å². The first-order valence-electron chi connectivity index (χ1n) is 4.07. The first kappa shape index (κ1) is 9.30. The van der Waals surface area contributed by atoms with Crippen LogP contribution < -0.4 is 0 Å². The number of hydrogen-bond donors (Lipinski definition) is 0. The molecular formula is C7H13BrMgO. The van der Waals surface area contributed by atoms with Crippen LogP contribution in [0.1, 0.15) is 25.7 Å². The average Bonchev–Trinajstić information content (AvgIpc) is 2.63. The van der Waals surface area contributed by atoms with Crippen molar-refractivity contribution in [1.82, 2.24) is 0 Å². The van der Waals surface area contributed by atoms with Gasteiger partial charge in [-0.3, -0.25) is 0 Å². The van der Waals surface area contributed by atoms with E-state index in [9.17, 15) is 0 Å². The molecule has 1 saturated carbocycles.